The number of likely N-dealkylation sites (N-methyl/N-ethyl adjacent to an activating group) is 1. The van der Waals surface area contributed by atoms with Gasteiger partial charge in [0.05, 0.1) is 6.61 Å². The van der Waals surface area contributed by atoms with Gasteiger partial charge in [-0.3, -0.25) is 4.79 Å². The zero-order valence-electron chi connectivity index (χ0n) is 7.67. The van der Waals surface area contributed by atoms with E-state index in [4.69, 9.17) is 9.84 Å². The Morgan fingerprint density at radius 1 is 1.67 bits per heavy atom. The Kier molecular flexibility index (Phi) is 6.70. The van der Waals surface area contributed by atoms with Crippen LogP contribution in [-0.2, 0) is 9.53 Å². The maximum atomic E-state index is 10.5. The number of hydrogen-bond acceptors (Lipinski definition) is 3. The molecular formula is C8H17NO3. The Morgan fingerprint density at radius 3 is 2.75 bits per heavy atom. The highest BCUT2D eigenvalue weighted by Gasteiger charge is 2.13. The topological polar surface area (TPSA) is 58.6 Å². The number of carboxylic acids is 1. The summed E-state index contributed by atoms with van der Waals surface area (Å²) in [5, 5.41) is 11.2. The molecule has 12 heavy (non-hydrogen) atoms. The van der Waals surface area contributed by atoms with Gasteiger partial charge in [-0.1, -0.05) is 13.3 Å². The van der Waals surface area contributed by atoms with Crippen molar-refractivity contribution in [3.8, 4) is 0 Å². The van der Waals surface area contributed by atoms with Gasteiger partial charge in [0.2, 0.25) is 0 Å². The maximum Gasteiger partial charge on any atom is 0.323 e. The van der Waals surface area contributed by atoms with Gasteiger partial charge in [-0.05, 0) is 13.5 Å². The van der Waals surface area contributed by atoms with Crippen molar-refractivity contribution in [3.63, 3.8) is 0 Å². The van der Waals surface area contributed by atoms with Gasteiger partial charge in [0.1, 0.15) is 6.04 Å². The smallest absolute Gasteiger partial charge is 0.323 e. The van der Waals surface area contributed by atoms with Crippen LogP contribution in [-0.4, -0.2) is 37.4 Å². The average molecular weight is 175 g/mol. The van der Waals surface area contributed by atoms with Crippen molar-refractivity contribution in [2.24, 2.45) is 0 Å². The molecule has 0 aromatic rings. The van der Waals surface area contributed by atoms with Crippen LogP contribution in [0.25, 0.3) is 0 Å². The minimum absolute atomic E-state index is 0.242. The summed E-state index contributed by atoms with van der Waals surface area (Å²) in [5.74, 6) is -0.867. The van der Waals surface area contributed by atoms with Crippen LogP contribution in [0.4, 0.5) is 0 Å². The number of carboxylic acid groups (broad SMARTS) is 1. The van der Waals surface area contributed by atoms with E-state index in [1.54, 1.807) is 7.05 Å². The quantitative estimate of drug-likeness (QED) is 0.552. The molecule has 4 heteroatoms. The molecule has 72 valence electrons. The third-order valence-corrected chi connectivity index (χ3v) is 1.57. The molecule has 4 nitrogen and oxygen atoms in total. The molecule has 0 bridgehead atoms. The molecule has 0 saturated heterocycles. The fraction of sp³-hybridized carbons (Fsp3) is 0.875. The number of carbonyl (C=O) groups is 1. The molecule has 0 amide bonds. The van der Waals surface area contributed by atoms with E-state index >= 15 is 0 Å². The largest absolute Gasteiger partial charge is 0.480 e. The van der Waals surface area contributed by atoms with Crippen LogP contribution < -0.4 is 5.32 Å². The third kappa shape index (κ3) is 5.09. The zero-order chi connectivity index (χ0) is 9.40. The minimum atomic E-state index is -0.867. The van der Waals surface area contributed by atoms with Gasteiger partial charge in [-0.2, -0.15) is 0 Å². The molecule has 0 rings (SSSR count). The molecule has 0 aromatic heterocycles. The summed E-state index contributed by atoms with van der Waals surface area (Å²) in [6.07, 6.45) is 2.05. The van der Waals surface area contributed by atoms with E-state index in [1.807, 2.05) is 0 Å². The summed E-state index contributed by atoms with van der Waals surface area (Å²) in [6, 6.07) is -0.582. The van der Waals surface area contributed by atoms with Crippen LogP contribution in [0.2, 0.25) is 0 Å². The predicted octanol–water partition coefficient (Wildman–Crippen LogP) is 0.476. The fourth-order valence-electron chi connectivity index (χ4n) is 0.726. The van der Waals surface area contributed by atoms with Crippen molar-refractivity contribution in [2.45, 2.75) is 25.8 Å². The SMILES string of the molecule is CCCCOC[C@@H](NC)C(=O)O. The second-order valence-corrected chi connectivity index (χ2v) is 2.61. The molecule has 0 radical (unpaired) electrons. The third-order valence-electron chi connectivity index (χ3n) is 1.57. The Bertz CT molecular complexity index is 127. The van der Waals surface area contributed by atoms with E-state index in [0.717, 1.165) is 12.8 Å². The van der Waals surface area contributed by atoms with E-state index in [0.29, 0.717) is 6.61 Å². The highest BCUT2D eigenvalue weighted by Crippen LogP contribution is 1.90. The van der Waals surface area contributed by atoms with Crippen LogP contribution in [0.1, 0.15) is 19.8 Å². The summed E-state index contributed by atoms with van der Waals surface area (Å²) in [5.41, 5.74) is 0. The molecule has 0 unspecified atom stereocenters. The summed E-state index contributed by atoms with van der Waals surface area (Å²) < 4.78 is 5.15. The summed E-state index contributed by atoms with van der Waals surface area (Å²) >= 11 is 0. The second-order valence-electron chi connectivity index (χ2n) is 2.61. The molecule has 0 aliphatic rings. The number of unbranched alkanes of at least 4 members (excludes halogenated alkanes) is 1. The molecular weight excluding hydrogens is 158 g/mol. The van der Waals surface area contributed by atoms with Crippen molar-refractivity contribution >= 4 is 5.97 Å². The van der Waals surface area contributed by atoms with Crippen LogP contribution >= 0.6 is 0 Å². The van der Waals surface area contributed by atoms with Crippen LogP contribution in [0.15, 0.2) is 0 Å². The van der Waals surface area contributed by atoms with Crippen molar-refractivity contribution < 1.29 is 14.6 Å². The summed E-state index contributed by atoms with van der Waals surface area (Å²) in [4.78, 5) is 10.5. The highest BCUT2D eigenvalue weighted by molar-refractivity contribution is 5.73. The fourth-order valence-corrected chi connectivity index (χ4v) is 0.726. The number of rotatable bonds is 7. The van der Waals surface area contributed by atoms with Crippen LogP contribution in [0.3, 0.4) is 0 Å². The number of hydrogen-bond donors (Lipinski definition) is 2. The normalized spacial score (nSPS) is 12.8. The van der Waals surface area contributed by atoms with Crippen molar-refractivity contribution in [2.75, 3.05) is 20.3 Å². The molecule has 1 atom stereocenters. The van der Waals surface area contributed by atoms with E-state index < -0.39 is 12.0 Å². The minimum Gasteiger partial charge on any atom is -0.480 e. The van der Waals surface area contributed by atoms with Crippen LogP contribution in [0, 0.1) is 0 Å². The lowest BCUT2D eigenvalue weighted by molar-refractivity contribution is -0.140. The lowest BCUT2D eigenvalue weighted by atomic mass is 10.3. The first kappa shape index (κ1) is 11.4. The molecule has 2 N–H and O–H groups in total. The standard InChI is InChI=1S/C8H17NO3/c1-3-4-5-12-6-7(9-2)8(10)11/h7,9H,3-6H2,1-2H3,(H,10,11)/t7-/m1/s1. The molecule has 0 saturated carbocycles. The first-order valence-corrected chi connectivity index (χ1v) is 4.20. The van der Waals surface area contributed by atoms with E-state index in [2.05, 4.69) is 12.2 Å². The predicted molar refractivity (Wildman–Crippen MR) is 46.2 cm³/mol. The monoisotopic (exact) mass is 175 g/mol. The lowest BCUT2D eigenvalue weighted by Gasteiger charge is -2.10. The maximum absolute atomic E-state index is 10.5. The van der Waals surface area contributed by atoms with Gasteiger partial charge >= 0.3 is 5.97 Å². The van der Waals surface area contributed by atoms with Gasteiger partial charge < -0.3 is 15.2 Å². The first-order chi connectivity index (χ1) is 5.72. The van der Waals surface area contributed by atoms with Gasteiger partial charge in [-0.15, -0.1) is 0 Å². The van der Waals surface area contributed by atoms with Gasteiger partial charge in [0, 0.05) is 6.61 Å². The van der Waals surface area contributed by atoms with Crippen molar-refractivity contribution in [3.05, 3.63) is 0 Å². The van der Waals surface area contributed by atoms with E-state index in [1.165, 1.54) is 0 Å². The second kappa shape index (κ2) is 7.06. The Hall–Kier alpha value is -0.610. The Morgan fingerprint density at radius 2 is 2.33 bits per heavy atom. The van der Waals surface area contributed by atoms with Crippen molar-refractivity contribution in [1.29, 1.82) is 0 Å². The van der Waals surface area contributed by atoms with E-state index in [9.17, 15) is 4.79 Å². The Labute approximate surface area is 72.9 Å². The molecule has 0 aromatic carbocycles. The first-order valence-electron chi connectivity index (χ1n) is 4.20. The zero-order valence-corrected chi connectivity index (χ0v) is 7.67. The summed E-state index contributed by atoms with van der Waals surface area (Å²) in [7, 11) is 1.61. The van der Waals surface area contributed by atoms with Crippen molar-refractivity contribution in [1.82, 2.24) is 5.32 Å². The molecule has 0 aliphatic carbocycles. The lowest BCUT2D eigenvalue weighted by Crippen LogP contribution is -2.38. The Balaban J connectivity index is 3.38. The van der Waals surface area contributed by atoms with Crippen LogP contribution in [0.5, 0.6) is 0 Å². The van der Waals surface area contributed by atoms with Gasteiger partial charge in [0.15, 0.2) is 0 Å². The highest BCUT2D eigenvalue weighted by atomic mass is 16.5. The molecule has 0 spiro atoms. The number of nitrogens with one attached hydrogen (secondary N) is 1. The molecule has 0 fully saturated rings. The average Bonchev–Trinajstić information content (AvgIpc) is 2.04. The number of ether oxygens (including phenoxy) is 1. The molecule has 0 aliphatic heterocycles. The van der Waals surface area contributed by atoms with Gasteiger partial charge in [0.25, 0.3) is 0 Å². The summed E-state index contributed by atoms with van der Waals surface area (Å²) in [6.45, 7) is 2.95. The van der Waals surface area contributed by atoms with E-state index in [-0.39, 0.29) is 6.61 Å². The molecule has 0 heterocycles. The van der Waals surface area contributed by atoms with Gasteiger partial charge in [-0.25, -0.2) is 0 Å². The number of aliphatic carboxylic acids is 1.